The van der Waals surface area contributed by atoms with Gasteiger partial charge in [-0.15, -0.1) is 0 Å². The lowest BCUT2D eigenvalue weighted by Gasteiger charge is -2.08. The molecule has 3 N–H and O–H groups in total. The molecule has 0 aromatic heterocycles. The van der Waals surface area contributed by atoms with Gasteiger partial charge >= 0.3 is 12.1 Å². The minimum atomic E-state index is -0.829. The lowest BCUT2D eigenvalue weighted by atomic mass is 10.3. The SMILES string of the molecule is CCOC(=O)NNC(=O)Nc1ccc(Cl)c([N+](=O)[O-])c1. The lowest BCUT2D eigenvalue weighted by molar-refractivity contribution is -0.384. The molecule has 0 aliphatic heterocycles. The summed E-state index contributed by atoms with van der Waals surface area (Å²) in [5, 5.41) is 12.9. The van der Waals surface area contributed by atoms with Crippen molar-refractivity contribution in [2.75, 3.05) is 11.9 Å². The van der Waals surface area contributed by atoms with Crippen LogP contribution < -0.4 is 16.2 Å². The molecule has 0 fully saturated rings. The van der Waals surface area contributed by atoms with E-state index in [1.54, 1.807) is 6.92 Å². The number of carbonyl (C=O) groups excluding carboxylic acids is 2. The van der Waals surface area contributed by atoms with Crippen molar-refractivity contribution in [3.63, 3.8) is 0 Å². The number of nitrogens with zero attached hydrogens (tertiary/aromatic N) is 1. The fourth-order valence-corrected chi connectivity index (χ4v) is 1.35. The molecule has 0 aliphatic carbocycles. The number of hydrogen-bond donors (Lipinski definition) is 3. The van der Waals surface area contributed by atoms with Crippen LogP contribution in [0.5, 0.6) is 0 Å². The number of anilines is 1. The van der Waals surface area contributed by atoms with Gasteiger partial charge in [0.1, 0.15) is 5.02 Å². The summed E-state index contributed by atoms with van der Waals surface area (Å²) in [6, 6.07) is 2.94. The van der Waals surface area contributed by atoms with Crippen LogP contribution in [0, 0.1) is 10.1 Å². The molecular formula is C10H11ClN4O5. The minimum Gasteiger partial charge on any atom is -0.449 e. The number of nitrogens with one attached hydrogen (secondary N) is 3. The first kappa shape index (κ1) is 15.5. The van der Waals surface area contributed by atoms with Gasteiger partial charge in [-0.1, -0.05) is 11.6 Å². The molecule has 0 unspecified atom stereocenters. The molecule has 0 spiro atoms. The first-order valence-electron chi connectivity index (χ1n) is 5.37. The van der Waals surface area contributed by atoms with E-state index in [1.807, 2.05) is 10.9 Å². The van der Waals surface area contributed by atoms with Crippen LogP contribution in [0.4, 0.5) is 21.0 Å². The van der Waals surface area contributed by atoms with Crippen molar-refractivity contribution in [1.29, 1.82) is 0 Å². The van der Waals surface area contributed by atoms with Crippen LogP contribution in [0.2, 0.25) is 5.02 Å². The van der Waals surface area contributed by atoms with E-state index in [0.29, 0.717) is 0 Å². The molecule has 20 heavy (non-hydrogen) atoms. The second-order valence-electron chi connectivity index (χ2n) is 3.35. The van der Waals surface area contributed by atoms with Gasteiger partial charge in [0.15, 0.2) is 0 Å². The van der Waals surface area contributed by atoms with Crippen molar-refractivity contribution >= 4 is 35.1 Å². The van der Waals surface area contributed by atoms with Crippen LogP contribution >= 0.6 is 11.6 Å². The highest BCUT2D eigenvalue weighted by Crippen LogP contribution is 2.27. The number of urea groups is 1. The van der Waals surface area contributed by atoms with Crippen molar-refractivity contribution in [3.05, 3.63) is 33.3 Å². The molecule has 0 radical (unpaired) electrons. The number of nitro benzene ring substituents is 1. The molecule has 0 bridgehead atoms. The highest BCUT2D eigenvalue weighted by atomic mass is 35.5. The Balaban J connectivity index is 2.60. The molecule has 10 heteroatoms. The predicted molar refractivity (Wildman–Crippen MR) is 70.4 cm³/mol. The smallest absolute Gasteiger partial charge is 0.426 e. The fourth-order valence-electron chi connectivity index (χ4n) is 1.17. The van der Waals surface area contributed by atoms with E-state index < -0.39 is 17.0 Å². The van der Waals surface area contributed by atoms with Crippen LogP contribution in [0.15, 0.2) is 18.2 Å². The van der Waals surface area contributed by atoms with Crippen LogP contribution in [0.1, 0.15) is 6.92 Å². The summed E-state index contributed by atoms with van der Waals surface area (Å²) in [7, 11) is 0. The van der Waals surface area contributed by atoms with Crippen molar-refractivity contribution < 1.29 is 19.2 Å². The topological polar surface area (TPSA) is 123 Å². The standard InChI is InChI=1S/C10H11ClN4O5/c1-2-20-10(17)14-13-9(16)12-6-3-4-7(11)8(5-6)15(18)19/h3-5H,2H2,1H3,(H,14,17)(H2,12,13,16). The highest BCUT2D eigenvalue weighted by molar-refractivity contribution is 6.32. The molecule has 0 aliphatic rings. The zero-order valence-corrected chi connectivity index (χ0v) is 11.1. The zero-order chi connectivity index (χ0) is 15.1. The maximum Gasteiger partial charge on any atom is 0.426 e. The molecule has 1 rings (SSSR count). The Kier molecular flexibility index (Phi) is 5.54. The van der Waals surface area contributed by atoms with Crippen LogP contribution in [0.25, 0.3) is 0 Å². The second-order valence-corrected chi connectivity index (χ2v) is 3.76. The monoisotopic (exact) mass is 302 g/mol. The Morgan fingerprint density at radius 1 is 1.40 bits per heavy atom. The summed E-state index contributed by atoms with van der Waals surface area (Å²) < 4.78 is 4.51. The number of amides is 3. The van der Waals surface area contributed by atoms with Crippen LogP contribution in [-0.2, 0) is 4.74 Å². The minimum absolute atomic E-state index is 0.0504. The van der Waals surface area contributed by atoms with Gasteiger partial charge in [-0.2, -0.15) is 0 Å². The highest BCUT2D eigenvalue weighted by Gasteiger charge is 2.14. The molecule has 1 aromatic carbocycles. The number of rotatable bonds is 3. The summed E-state index contributed by atoms with van der Waals surface area (Å²) in [5.74, 6) is 0. The molecule has 0 saturated heterocycles. The van der Waals surface area contributed by atoms with Crippen LogP contribution in [0.3, 0.4) is 0 Å². The molecule has 0 heterocycles. The third-order valence-corrected chi connectivity index (χ3v) is 2.27. The van der Waals surface area contributed by atoms with E-state index in [2.05, 4.69) is 10.1 Å². The Bertz CT molecular complexity index is 536. The number of ether oxygens (including phenoxy) is 1. The van der Waals surface area contributed by atoms with Gasteiger partial charge in [0.05, 0.1) is 11.5 Å². The number of benzene rings is 1. The maximum atomic E-state index is 11.4. The van der Waals surface area contributed by atoms with Crippen molar-refractivity contribution in [3.8, 4) is 0 Å². The quantitative estimate of drug-likeness (QED) is 0.582. The zero-order valence-electron chi connectivity index (χ0n) is 10.3. The van der Waals surface area contributed by atoms with Crippen LogP contribution in [-0.4, -0.2) is 23.7 Å². The summed E-state index contributed by atoms with van der Waals surface area (Å²) in [4.78, 5) is 32.3. The largest absolute Gasteiger partial charge is 0.449 e. The second kappa shape index (κ2) is 7.14. The first-order valence-corrected chi connectivity index (χ1v) is 5.75. The van der Waals surface area contributed by atoms with Crippen molar-refractivity contribution in [2.45, 2.75) is 6.92 Å². The van der Waals surface area contributed by atoms with Gasteiger partial charge in [0.2, 0.25) is 0 Å². The Morgan fingerprint density at radius 3 is 2.70 bits per heavy atom. The first-order chi connectivity index (χ1) is 9.43. The summed E-state index contributed by atoms with van der Waals surface area (Å²) >= 11 is 5.62. The summed E-state index contributed by atoms with van der Waals surface area (Å²) in [6.07, 6.45) is -0.829. The number of hydrazine groups is 1. The van der Waals surface area contributed by atoms with E-state index in [9.17, 15) is 19.7 Å². The number of hydrogen-bond acceptors (Lipinski definition) is 5. The van der Waals surface area contributed by atoms with Gasteiger partial charge in [0.25, 0.3) is 5.69 Å². The Labute approximate surface area is 118 Å². The molecule has 9 nitrogen and oxygen atoms in total. The maximum absolute atomic E-state index is 11.4. The van der Waals surface area contributed by atoms with Gasteiger partial charge < -0.3 is 10.1 Å². The predicted octanol–water partition coefficient (Wildman–Crippen LogP) is 2.03. The van der Waals surface area contributed by atoms with E-state index >= 15 is 0 Å². The van der Waals surface area contributed by atoms with E-state index in [-0.39, 0.29) is 23.0 Å². The molecule has 108 valence electrons. The number of halogens is 1. The molecule has 1 aromatic rings. The average molecular weight is 303 g/mol. The lowest BCUT2D eigenvalue weighted by Crippen LogP contribution is -2.44. The van der Waals surface area contributed by atoms with Gasteiger partial charge in [0, 0.05) is 11.8 Å². The van der Waals surface area contributed by atoms with E-state index in [4.69, 9.17) is 11.6 Å². The van der Waals surface area contributed by atoms with E-state index in [0.717, 1.165) is 6.07 Å². The third kappa shape index (κ3) is 4.61. The number of carbonyl (C=O) groups is 2. The van der Waals surface area contributed by atoms with Gasteiger partial charge in [-0.3, -0.25) is 10.1 Å². The normalized spacial score (nSPS) is 9.50. The Hall–Kier alpha value is -2.55. The van der Waals surface area contributed by atoms with Gasteiger partial charge in [-0.05, 0) is 19.1 Å². The molecule has 0 saturated carbocycles. The molecular weight excluding hydrogens is 292 g/mol. The third-order valence-electron chi connectivity index (χ3n) is 1.95. The van der Waals surface area contributed by atoms with Gasteiger partial charge in [-0.25, -0.2) is 20.4 Å². The molecule has 3 amide bonds. The average Bonchev–Trinajstić information content (AvgIpc) is 2.39. The van der Waals surface area contributed by atoms with Crippen molar-refractivity contribution in [2.24, 2.45) is 0 Å². The van der Waals surface area contributed by atoms with Crippen molar-refractivity contribution in [1.82, 2.24) is 10.9 Å². The Morgan fingerprint density at radius 2 is 2.10 bits per heavy atom. The fraction of sp³-hybridized carbons (Fsp3) is 0.200. The van der Waals surface area contributed by atoms with E-state index in [1.165, 1.54) is 12.1 Å². The molecule has 0 atom stereocenters. The number of nitro groups is 1. The summed E-state index contributed by atoms with van der Waals surface area (Å²) in [6.45, 7) is 1.75. The summed E-state index contributed by atoms with van der Waals surface area (Å²) in [5.41, 5.74) is 3.77.